The molecule has 164 valence electrons. The van der Waals surface area contributed by atoms with Gasteiger partial charge in [0.05, 0.1) is 0 Å². The molecular formula is C31H24N2O. The van der Waals surface area contributed by atoms with Gasteiger partial charge >= 0.3 is 0 Å². The first-order valence-corrected chi connectivity index (χ1v) is 11.4. The molecule has 34 heavy (non-hydrogen) atoms. The van der Waals surface area contributed by atoms with E-state index in [9.17, 15) is 0 Å². The lowest BCUT2D eigenvalue weighted by molar-refractivity contribution is 0.572. The van der Waals surface area contributed by atoms with Crippen molar-refractivity contribution in [1.82, 2.24) is 0 Å². The molecule has 0 saturated heterocycles. The average molecular weight is 441 g/mol. The summed E-state index contributed by atoms with van der Waals surface area (Å²) in [5.41, 5.74) is 20.3. The Balaban J connectivity index is 1.56. The topological polar surface area (TPSA) is 65.2 Å². The predicted octanol–water partition coefficient (Wildman–Crippen LogP) is 7.04. The fraction of sp³-hybridized carbons (Fsp3) is 0.0323. The minimum Gasteiger partial charge on any atom is -0.456 e. The van der Waals surface area contributed by atoms with Crippen LogP contribution >= 0.6 is 0 Å². The SMILES string of the molecule is NC(N)(c1ccc(-c2ccccc2)cc1)c1cc(-c2ccccc2)cc2oc3ccccc3c12. The average Bonchev–Trinajstić information content (AvgIpc) is 3.28. The van der Waals surface area contributed by atoms with Crippen LogP contribution in [0, 0.1) is 0 Å². The van der Waals surface area contributed by atoms with Gasteiger partial charge in [-0.15, -0.1) is 0 Å². The summed E-state index contributed by atoms with van der Waals surface area (Å²) in [6, 6.07) is 40.9. The Hall–Kier alpha value is -4.18. The maximum absolute atomic E-state index is 6.95. The van der Waals surface area contributed by atoms with Gasteiger partial charge in [0.25, 0.3) is 0 Å². The van der Waals surface area contributed by atoms with E-state index in [0.29, 0.717) is 0 Å². The van der Waals surface area contributed by atoms with Gasteiger partial charge in [0.15, 0.2) is 0 Å². The van der Waals surface area contributed by atoms with Crippen LogP contribution in [0.15, 0.2) is 126 Å². The number of nitrogens with two attached hydrogens (primary N) is 2. The third-order valence-corrected chi connectivity index (χ3v) is 6.50. The van der Waals surface area contributed by atoms with Gasteiger partial charge in [-0.1, -0.05) is 103 Å². The van der Waals surface area contributed by atoms with E-state index in [-0.39, 0.29) is 0 Å². The Labute approximate surface area is 198 Å². The molecule has 0 fully saturated rings. The predicted molar refractivity (Wildman–Crippen MR) is 140 cm³/mol. The van der Waals surface area contributed by atoms with Crippen molar-refractivity contribution in [3.8, 4) is 22.3 Å². The molecular weight excluding hydrogens is 416 g/mol. The smallest absolute Gasteiger partial charge is 0.136 e. The molecule has 6 aromatic rings. The largest absolute Gasteiger partial charge is 0.456 e. The maximum atomic E-state index is 6.95. The quantitative estimate of drug-likeness (QED) is 0.289. The molecule has 0 spiro atoms. The lowest BCUT2D eigenvalue weighted by atomic mass is 9.86. The van der Waals surface area contributed by atoms with Crippen molar-refractivity contribution in [2.75, 3.05) is 0 Å². The van der Waals surface area contributed by atoms with Gasteiger partial charge in [0.1, 0.15) is 16.8 Å². The standard InChI is InChI=1S/C31H24N2O/c32-31(33,25-17-15-23(16-18-25)21-9-3-1-4-10-21)27-19-24(22-11-5-2-6-12-22)20-29-30(27)26-13-7-8-14-28(26)34-29/h1-20H,32-33H2. The highest BCUT2D eigenvalue weighted by Gasteiger charge is 2.29. The van der Waals surface area contributed by atoms with Crippen molar-refractivity contribution in [2.24, 2.45) is 11.5 Å². The van der Waals surface area contributed by atoms with Crippen LogP contribution in [-0.2, 0) is 5.66 Å². The minimum atomic E-state index is -1.22. The first-order valence-electron chi connectivity index (χ1n) is 11.4. The second-order valence-corrected chi connectivity index (χ2v) is 8.67. The summed E-state index contributed by atoms with van der Waals surface area (Å²) in [6.45, 7) is 0. The molecule has 5 aromatic carbocycles. The molecule has 4 N–H and O–H groups in total. The lowest BCUT2D eigenvalue weighted by Gasteiger charge is -2.27. The monoisotopic (exact) mass is 440 g/mol. The van der Waals surface area contributed by atoms with Crippen LogP contribution in [0.4, 0.5) is 0 Å². The number of furan rings is 1. The Morgan fingerprint density at radius 3 is 1.74 bits per heavy atom. The summed E-state index contributed by atoms with van der Waals surface area (Å²) in [6.07, 6.45) is 0. The number of hydrogen-bond donors (Lipinski definition) is 2. The minimum absolute atomic E-state index is 0.777. The molecule has 3 heteroatoms. The normalized spacial score (nSPS) is 11.8. The van der Waals surface area contributed by atoms with Gasteiger partial charge in [-0.3, -0.25) is 0 Å². The number of hydrogen-bond acceptors (Lipinski definition) is 3. The van der Waals surface area contributed by atoms with Gasteiger partial charge < -0.3 is 15.9 Å². The Bertz CT molecular complexity index is 1600. The molecule has 0 aliphatic carbocycles. The van der Waals surface area contributed by atoms with E-state index in [4.69, 9.17) is 15.9 Å². The zero-order chi connectivity index (χ0) is 23.1. The second kappa shape index (κ2) is 7.99. The Morgan fingerprint density at radius 1 is 0.500 bits per heavy atom. The molecule has 0 aliphatic heterocycles. The summed E-state index contributed by atoms with van der Waals surface area (Å²) < 4.78 is 6.25. The highest BCUT2D eigenvalue weighted by molar-refractivity contribution is 6.08. The molecule has 0 atom stereocenters. The summed E-state index contributed by atoms with van der Waals surface area (Å²) >= 11 is 0. The Kier molecular flexibility index (Phi) is 4.80. The maximum Gasteiger partial charge on any atom is 0.136 e. The summed E-state index contributed by atoms with van der Waals surface area (Å²) in [4.78, 5) is 0. The highest BCUT2D eigenvalue weighted by Crippen LogP contribution is 2.39. The van der Waals surface area contributed by atoms with Gasteiger partial charge in [0.2, 0.25) is 0 Å². The molecule has 0 bridgehead atoms. The number of fused-ring (bicyclic) bond motifs is 3. The summed E-state index contributed by atoms with van der Waals surface area (Å²) in [5, 5.41) is 1.96. The van der Waals surface area contributed by atoms with Crippen molar-refractivity contribution < 1.29 is 4.42 Å². The van der Waals surface area contributed by atoms with Crippen LogP contribution in [0.2, 0.25) is 0 Å². The molecule has 0 radical (unpaired) electrons. The first kappa shape index (κ1) is 20.4. The van der Waals surface area contributed by atoms with Crippen molar-refractivity contribution in [1.29, 1.82) is 0 Å². The van der Waals surface area contributed by atoms with E-state index in [0.717, 1.165) is 55.3 Å². The van der Waals surface area contributed by atoms with E-state index in [1.807, 2.05) is 66.7 Å². The molecule has 6 rings (SSSR count). The molecule has 1 aromatic heterocycles. The van der Waals surface area contributed by atoms with Crippen LogP contribution < -0.4 is 11.5 Å². The van der Waals surface area contributed by atoms with E-state index >= 15 is 0 Å². The van der Waals surface area contributed by atoms with Crippen molar-refractivity contribution in [3.63, 3.8) is 0 Å². The molecule has 3 nitrogen and oxygen atoms in total. The summed E-state index contributed by atoms with van der Waals surface area (Å²) in [5.74, 6) is 0. The van der Waals surface area contributed by atoms with Crippen molar-refractivity contribution in [3.05, 3.63) is 132 Å². The lowest BCUT2D eigenvalue weighted by Crippen LogP contribution is -2.47. The van der Waals surface area contributed by atoms with Crippen molar-refractivity contribution >= 4 is 21.9 Å². The van der Waals surface area contributed by atoms with Crippen LogP contribution in [0.1, 0.15) is 11.1 Å². The van der Waals surface area contributed by atoms with Gasteiger partial charge in [-0.2, -0.15) is 0 Å². The van der Waals surface area contributed by atoms with Crippen LogP contribution in [-0.4, -0.2) is 0 Å². The Morgan fingerprint density at radius 2 is 1.06 bits per heavy atom. The zero-order valence-electron chi connectivity index (χ0n) is 18.6. The van der Waals surface area contributed by atoms with Crippen LogP contribution in [0.3, 0.4) is 0 Å². The molecule has 0 unspecified atom stereocenters. The van der Waals surface area contributed by atoms with Gasteiger partial charge in [0, 0.05) is 16.3 Å². The summed E-state index contributed by atoms with van der Waals surface area (Å²) in [7, 11) is 0. The number of rotatable bonds is 4. The molecule has 0 amide bonds. The zero-order valence-corrected chi connectivity index (χ0v) is 18.6. The van der Waals surface area contributed by atoms with E-state index < -0.39 is 5.66 Å². The fourth-order valence-corrected chi connectivity index (χ4v) is 4.70. The van der Waals surface area contributed by atoms with Crippen LogP contribution in [0.25, 0.3) is 44.2 Å². The fourth-order valence-electron chi connectivity index (χ4n) is 4.70. The molecule has 0 aliphatic rings. The third kappa shape index (κ3) is 3.39. The molecule has 1 heterocycles. The van der Waals surface area contributed by atoms with Crippen LogP contribution in [0.5, 0.6) is 0 Å². The molecule has 0 saturated carbocycles. The van der Waals surface area contributed by atoms with E-state index in [1.165, 1.54) is 0 Å². The number of benzene rings is 5. The third-order valence-electron chi connectivity index (χ3n) is 6.50. The highest BCUT2D eigenvalue weighted by atomic mass is 16.3. The first-order chi connectivity index (χ1) is 16.6. The number of para-hydroxylation sites is 1. The van der Waals surface area contributed by atoms with Crippen molar-refractivity contribution in [2.45, 2.75) is 5.66 Å². The van der Waals surface area contributed by atoms with Gasteiger partial charge in [-0.05, 0) is 46.0 Å². The van der Waals surface area contributed by atoms with E-state index in [2.05, 4.69) is 54.6 Å². The second-order valence-electron chi connectivity index (χ2n) is 8.67. The van der Waals surface area contributed by atoms with Gasteiger partial charge in [-0.25, -0.2) is 0 Å². The van der Waals surface area contributed by atoms with E-state index in [1.54, 1.807) is 0 Å².